The van der Waals surface area contributed by atoms with Crippen LogP contribution in [0.25, 0.3) is 0 Å². The Hall–Kier alpha value is -1.62. The van der Waals surface area contributed by atoms with E-state index in [2.05, 4.69) is 9.88 Å². The Morgan fingerprint density at radius 2 is 2.10 bits per heavy atom. The zero-order valence-electron chi connectivity index (χ0n) is 12.7. The van der Waals surface area contributed by atoms with Crippen LogP contribution in [-0.4, -0.2) is 52.9 Å². The average Bonchev–Trinajstić information content (AvgIpc) is 3.16. The topological polar surface area (TPSA) is 62.5 Å². The van der Waals surface area contributed by atoms with Gasteiger partial charge in [0.1, 0.15) is 5.82 Å². The second-order valence-corrected chi connectivity index (χ2v) is 6.06. The number of rotatable bonds is 3. The van der Waals surface area contributed by atoms with Crippen molar-refractivity contribution in [3.8, 4) is 0 Å². The summed E-state index contributed by atoms with van der Waals surface area (Å²) in [5, 5.41) is 0. The molecule has 2 N–H and O–H groups in total. The highest BCUT2D eigenvalue weighted by atomic mass is 16.2. The minimum atomic E-state index is 0.0977. The summed E-state index contributed by atoms with van der Waals surface area (Å²) in [7, 11) is 0. The van der Waals surface area contributed by atoms with Crippen LogP contribution in [0.3, 0.4) is 0 Å². The van der Waals surface area contributed by atoms with Crippen molar-refractivity contribution in [1.82, 2.24) is 14.8 Å². The van der Waals surface area contributed by atoms with Gasteiger partial charge < -0.3 is 10.6 Å². The largest absolute Gasteiger partial charge is 0.384 e. The van der Waals surface area contributed by atoms with Gasteiger partial charge in [0.15, 0.2) is 0 Å². The highest BCUT2D eigenvalue weighted by Gasteiger charge is 2.32. The number of pyridine rings is 1. The van der Waals surface area contributed by atoms with Crippen LogP contribution in [0.2, 0.25) is 0 Å². The van der Waals surface area contributed by atoms with Crippen LogP contribution in [0, 0.1) is 0 Å². The molecule has 1 amide bonds. The quantitative estimate of drug-likeness (QED) is 0.916. The van der Waals surface area contributed by atoms with Crippen LogP contribution in [0.5, 0.6) is 0 Å². The Balaban J connectivity index is 1.69. The molecule has 21 heavy (non-hydrogen) atoms. The number of likely N-dealkylation sites (tertiary alicyclic amines) is 2. The SMILES string of the molecule is CCc1cc(C(=O)N2CCC(N3CCCC3)C2)cc(N)n1. The molecule has 1 aromatic heterocycles. The summed E-state index contributed by atoms with van der Waals surface area (Å²) >= 11 is 0. The normalized spacial score (nSPS) is 22.9. The third kappa shape index (κ3) is 3.02. The first-order valence-corrected chi connectivity index (χ1v) is 7.97. The molecule has 1 aromatic rings. The number of aryl methyl sites for hydroxylation is 1. The molecule has 2 aliphatic heterocycles. The minimum Gasteiger partial charge on any atom is -0.384 e. The molecule has 1 unspecified atom stereocenters. The second-order valence-electron chi connectivity index (χ2n) is 6.06. The molecule has 2 fully saturated rings. The summed E-state index contributed by atoms with van der Waals surface area (Å²) in [4.78, 5) is 21.4. The Labute approximate surface area is 126 Å². The predicted molar refractivity (Wildman–Crippen MR) is 83.1 cm³/mol. The summed E-state index contributed by atoms with van der Waals surface area (Å²) < 4.78 is 0. The lowest BCUT2D eigenvalue weighted by Gasteiger charge is -2.23. The molecule has 5 nitrogen and oxygen atoms in total. The molecular weight excluding hydrogens is 264 g/mol. The molecule has 5 heteroatoms. The molecule has 0 spiro atoms. The molecule has 0 bridgehead atoms. The molecule has 3 heterocycles. The van der Waals surface area contributed by atoms with Gasteiger partial charge in [0.05, 0.1) is 0 Å². The number of carbonyl (C=O) groups excluding carboxylic acids is 1. The number of hydrogen-bond donors (Lipinski definition) is 1. The Kier molecular flexibility index (Phi) is 4.10. The number of nitrogens with zero attached hydrogens (tertiary/aromatic N) is 3. The fraction of sp³-hybridized carbons (Fsp3) is 0.625. The molecule has 0 aromatic carbocycles. The van der Waals surface area contributed by atoms with Gasteiger partial charge in [-0.1, -0.05) is 6.92 Å². The van der Waals surface area contributed by atoms with Gasteiger partial charge in [-0.25, -0.2) is 4.98 Å². The Morgan fingerprint density at radius 3 is 2.81 bits per heavy atom. The summed E-state index contributed by atoms with van der Waals surface area (Å²) in [5.41, 5.74) is 7.37. The maximum Gasteiger partial charge on any atom is 0.254 e. The van der Waals surface area contributed by atoms with Crippen LogP contribution in [0.1, 0.15) is 42.2 Å². The van der Waals surface area contributed by atoms with E-state index in [4.69, 9.17) is 5.73 Å². The standard InChI is InChI=1S/C16H24N4O/c1-2-13-9-12(10-15(17)18-13)16(21)20-8-5-14(11-20)19-6-3-4-7-19/h9-10,14H,2-8,11H2,1H3,(H2,17,18). The summed E-state index contributed by atoms with van der Waals surface area (Å²) in [6.07, 6.45) is 4.48. The average molecular weight is 288 g/mol. The number of anilines is 1. The van der Waals surface area contributed by atoms with Crippen molar-refractivity contribution >= 4 is 11.7 Å². The molecule has 2 saturated heterocycles. The van der Waals surface area contributed by atoms with E-state index in [-0.39, 0.29) is 5.91 Å². The van der Waals surface area contributed by atoms with E-state index in [0.717, 1.165) is 31.6 Å². The number of aromatic nitrogens is 1. The highest BCUT2D eigenvalue weighted by Crippen LogP contribution is 2.22. The van der Waals surface area contributed by atoms with Crippen LogP contribution < -0.4 is 5.73 Å². The molecule has 114 valence electrons. The van der Waals surface area contributed by atoms with Gasteiger partial charge in [-0.15, -0.1) is 0 Å². The van der Waals surface area contributed by atoms with Crippen molar-refractivity contribution in [2.45, 2.75) is 38.6 Å². The summed E-state index contributed by atoms with van der Waals surface area (Å²) in [5.74, 6) is 0.536. The second kappa shape index (κ2) is 6.02. The molecule has 0 radical (unpaired) electrons. The first kappa shape index (κ1) is 14.3. The Bertz CT molecular complexity index is 525. The van der Waals surface area contributed by atoms with E-state index in [1.807, 2.05) is 17.9 Å². The van der Waals surface area contributed by atoms with Crippen molar-refractivity contribution in [2.75, 3.05) is 31.9 Å². The van der Waals surface area contributed by atoms with Gasteiger partial charge in [-0.05, 0) is 50.9 Å². The van der Waals surface area contributed by atoms with Gasteiger partial charge in [-0.2, -0.15) is 0 Å². The number of amides is 1. The van der Waals surface area contributed by atoms with Gasteiger partial charge in [0.2, 0.25) is 0 Å². The number of hydrogen-bond acceptors (Lipinski definition) is 4. The fourth-order valence-corrected chi connectivity index (χ4v) is 3.43. The third-order valence-corrected chi connectivity index (χ3v) is 4.62. The third-order valence-electron chi connectivity index (χ3n) is 4.62. The monoisotopic (exact) mass is 288 g/mol. The van der Waals surface area contributed by atoms with Crippen molar-refractivity contribution in [3.63, 3.8) is 0 Å². The summed E-state index contributed by atoms with van der Waals surface area (Å²) in [6, 6.07) is 4.12. The fourth-order valence-electron chi connectivity index (χ4n) is 3.43. The van der Waals surface area contributed by atoms with Crippen molar-refractivity contribution < 1.29 is 4.79 Å². The molecule has 2 aliphatic rings. The molecule has 0 aliphatic carbocycles. The number of nitrogens with two attached hydrogens (primary N) is 1. The summed E-state index contributed by atoms with van der Waals surface area (Å²) in [6.45, 7) is 6.10. The first-order valence-electron chi connectivity index (χ1n) is 7.97. The van der Waals surface area contributed by atoms with Crippen LogP contribution in [-0.2, 0) is 6.42 Å². The maximum atomic E-state index is 12.7. The zero-order chi connectivity index (χ0) is 14.8. The molecule has 3 rings (SSSR count). The predicted octanol–water partition coefficient (Wildman–Crippen LogP) is 1.54. The molecular formula is C16H24N4O. The lowest BCUT2D eigenvalue weighted by Crippen LogP contribution is -2.37. The lowest BCUT2D eigenvalue weighted by molar-refractivity contribution is 0.0780. The smallest absolute Gasteiger partial charge is 0.254 e. The van der Waals surface area contributed by atoms with Gasteiger partial charge in [-0.3, -0.25) is 9.69 Å². The van der Waals surface area contributed by atoms with Gasteiger partial charge in [0, 0.05) is 30.4 Å². The number of carbonyl (C=O) groups is 1. The van der Waals surface area contributed by atoms with E-state index in [1.165, 1.54) is 25.9 Å². The number of nitrogen functional groups attached to an aromatic ring is 1. The lowest BCUT2D eigenvalue weighted by atomic mass is 10.1. The van der Waals surface area contributed by atoms with Crippen molar-refractivity contribution in [1.29, 1.82) is 0 Å². The maximum absolute atomic E-state index is 12.7. The van der Waals surface area contributed by atoms with E-state index in [0.29, 0.717) is 17.4 Å². The van der Waals surface area contributed by atoms with Crippen LogP contribution in [0.4, 0.5) is 5.82 Å². The molecule has 1 atom stereocenters. The van der Waals surface area contributed by atoms with Crippen LogP contribution in [0.15, 0.2) is 12.1 Å². The van der Waals surface area contributed by atoms with E-state index >= 15 is 0 Å². The van der Waals surface area contributed by atoms with E-state index in [1.54, 1.807) is 6.07 Å². The van der Waals surface area contributed by atoms with E-state index < -0.39 is 0 Å². The van der Waals surface area contributed by atoms with Crippen molar-refractivity contribution in [2.24, 2.45) is 0 Å². The Morgan fingerprint density at radius 1 is 1.33 bits per heavy atom. The highest BCUT2D eigenvalue weighted by molar-refractivity contribution is 5.95. The first-order chi connectivity index (χ1) is 10.2. The van der Waals surface area contributed by atoms with Crippen LogP contribution >= 0.6 is 0 Å². The van der Waals surface area contributed by atoms with Gasteiger partial charge >= 0.3 is 0 Å². The van der Waals surface area contributed by atoms with E-state index in [9.17, 15) is 4.79 Å². The van der Waals surface area contributed by atoms with Gasteiger partial charge in [0.25, 0.3) is 5.91 Å². The minimum absolute atomic E-state index is 0.0977. The van der Waals surface area contributed by atoms with Crippen molar-refractivity contribution in [3.05, 3.63) is 23.4 Å². The molecule has 0 saturated carbocycles. The zero-order valence-corrected chi connectivity index (χ0v) is 12.7.